The van der Waals surface area contributed by atoms with Crippen LogP contribution in [0.5, 0.6) is 5.75 Å². The molecule has 0 radical (unpaired) electrons. The minimum absolute atomic E-state index is 0.193. The third kappa shape index (κ3) is 3.89. The summed E-state index contributed by atoms with van der Waals surface area (Å²) in [6.07, 6.45) is 0. The number of rotatable bonds is 5. The minimum Gasteiger partial charge on any atom is -0.482 e. The molecule has 108 valence electrons. The summed E-state index contributed by atoms with van der Waals surface area (Å²) < 4.78 is 22.5. The number of carbonyl (C=O) groups excluding carboxylic acids is 2. The molecule has 0 amide bonds. The van der Waals surface area contributed by atoms with Crippen molar-refractivity contribution in [2.24, 2.45) is 0 Å². The van der Waals surface area contributed by atoms with Gasteiger partial charge < -0.3 is 9.47 Å². The molecule has 2 aromatic rings. The lowest BCUT2D eigenvalue weighted by Crippen LogP contribution is -2.12. The van der Waals surface area contributed by atoms with Crippen LogP contribution < -0.4 is 4.74 Å². The van der Waals surface area contributed by atoms with Crippen LogP contribution in [-0.2, 0) is 9.53 Å². The summed E-state index contributed by atoms with van der Waals surface area (Å²) in [6.45, 7) is -0.193. The Balaban J connectivity index is 2.06. The Morgan fingerprint density at radius 1 is 0.952 bits per heavy atom. The summed E-state index contributed by atoms with van der Waals surface area (Å²) in [5.41, 5.74) is 0.853. The molecule has 0 spiro atoms. The highest BCUT2D eigenvalue weighted by Gasteiger charge is 2.09. The van der Waals surface area contributed by atoms with Gasteiger partial charge in [-0.05, 0) is 48.5 Å². The third-order valence-corrected chi connectivity index (χ3v) is 2.81. The number of methoxy groups -OCH3 is 1. The van der Waals surface area contributed by atoms with Crippen LogP contribution in [0.4, 0.5) is 4.39 Å². The van der Waals surface area contributed by atoms with Crippen molar-refractivity contribution < 1.29 is 23.5 Å². The highest BCUT2D eigenvalue weighted by molar-refractivity contribution is 6.08. The number of halogens is 1. The van der Waals surface area contributed by atoms with Gasteiger partial charge in [-0.15, -0.1) is 0 Å². The smallest absolute Gasteiger partial charge is 0.343 e. The molecule has 0 bridgehead atoms. The van der Waals surface area contributed by atoms with E-state index in [1.54, 1.807) is 24.3 Å². The second kappa shape index (κ2) is 6.65. The molecule has 2 aromatic carbocycles. The van der Waals surface area contributed by atoms with Gasteiger partial charge in [0, 0.05) is 11.1 Å². The van der Waals surface area contributed by atoms with Gasteiger partial charge in [-0.25, -0.2) is 9.18 Å². The third-order valence-electron chi connectivity index (χ3n) is 2.81. The van der Waals surface area contributed by atoms with Crippen molar-refractivity contribution in [2.45, 2.75) is 0 Å². The Labute approximate surface area is 121 Å². The first-order chi connectivity index (χ1) is 10.1. The number of hydrogen-bond acceptors (Lipinski definition) is 4. The first kappa shape index (κ1) is 14.7. The first-order valence-corrected chi connectivity index (χ1v) is 6.20. The van der Waals surface area contributed by atoms with E-state index >= 15 is 0 Å². The van der Waals surface area contributed by atoms with E-state index in [9.17, 15) is 14.0 Å². The van der Waals surface area contributed by atoms with Crippen molar-refractivity contribution in [2.75, 3.05) is 13.7 Å². The molecule has 0 aliphatic heterocycles. The zero-order valence-electron chi connectivity index (χ0n) is 11.3. The lowest BCUT2D eigenvalue weighted by molar-refractivity contribution is -0.142. The standard InChI is InChI=1S/C16H13FO4/c1-20-15(18)10-21-14-8-4-12(5-9-14)16(19)11-2-6-13(17)7-3-11/h2-9H,10H2,1H3. The summed E-state index contributed by atoms with van der Waals surface area (Å²) in [5.74, 6) is -0.634. The molecule has 0 atom stereocenters. The molecule has 5 heteroatoms. The zero-order valence-corrected chi connectivity index (χ0v) is 11.3. The fraction of sp³-hybridized carbons (Fsp3) is 0.125. The molecule has 2 rings (SSSR count). The molecule has 0 heterocycles. The van der Waals surface area contributed by atoms with Gasteiger partial charge in [0.15, 0.2) is 12.4 Å². The lowest BCUT2D eigenvalue weighted by Gasteiger charge is -2.06. The first-order valence-electron chi connectivity index (χ1n) is 6.20. The van der Waals surface area contributed by atoms with Crippen LogP contribution >= 0.6 is 0 Å². The predicted molar refractivity (Wildman–Crippen MR) is 73.8 cm³/mol. The molecule has 0 aliphatic carbocycles. The molecule has 21 heavy (non-hydrogen) atoms. The molecule has 0 saturated carbocycles. The molecule has 0 aliphatic rings. The molecule has 0 unspecified atom stereocenters. The number of benzene rings is 2. The zero-order chi connectivity index (χ0) is 15.2. The van der Waals surface area contributed by atoms with E-state index in [0.29, 0.717) is 16.9 Å². The van der Waals surface area contributed by atoms with Crippen molar-refractivity contribution in [3.63, 3.8) is 0 Å². The molecule has 0 fully saturated rings. The van der Waals surface area contributed by atoms with Gasteiger partial charge in [0.2, 0.25) is 0 Å². The number of ether oxygens (including phenoxy) is 2. The highest BCUT2D eigenvalue weighted by Crippen LogP contribution is 2.16. The maximum absolute atomic E-state index is 12.8. The Hall–Kier alpha value is -2.69. The second-order valence-corrected chi connectivity index (χ2v) is 4.23. The van der Waals surface area contributed by atoms with E-state index < -0.39 is 11.8 Å². The second-order valence-electron chi connectivity index (χ2n) is 4.23. The fourth-order valence-corrected chi connectivity index (χ4v) is 1.67. The minimum atomic E-state index is -0.485. The maximum Gasteiger partial charge on any atom is 0.343 e. The molecule has 0 N–H and O–H groups in total. The lowest BCUT2D eigenvalue weighted by atomic mass is 10.0. The maximum atomic E-state index is 12.8. The van der Waals surface area contributed by atoms with Crippen LogP contribution in [0.2, 0.25) is 0 Å². The van der Waals surface area contributed by atoms with E-state index in [4.69, 9.17) is 4.74 Å². The summed E-state index contributed by atoms with van der Waals surface area (Å²) >= 11 is 0. The van der Waals surface area contributed by atoms with Crippen molar-refractivity contribution in [3.05, 3.63) is 65.5 Å². The topological polar surface area (TPSA) is 52.6 Å². The molecule has 4 nitrogen and oxygen atoms in total. The van der Waals surface area contributed by atoms with Crippen LogP contribution in [0.3, 0.4) is 0 Å². The van der Waals surface area contributed by atoms with Crippen LogP contribution in [-0.4, -0.2) is 25.5 Å². The molecule has 0 saturated heterocycles. The van der Waals surface area contributed by atoms with Crippen LogP contribution in [0.1, 0.15) is 15.9 Å². The van der Waals surface area contributed by atoms with Crippen LogP contribution in [0, 0.1) is 5.82 Å². The number of carbonyl (C=O) groups is 2. The SMILES string of the molecule is COC(=O)COc1ccc(C(=O)c2ccc(F)cc2)cc1. The molecular formula is C16H13FO4. The van der Waals surface area contributed by atoms with E-state index in [2.05, 4.69) is 4.74 Å². The van der Waals surface area contributed by atoms with Crippen LogP contribution in [0.25, 0.3) is 0 Å². The number of ketones is 1. The predicted octanol–water partition coefficient (Wildman–Crippen LogP) is 2.61. The summed E-state index contributed by atoms with van der Waals surface area (Å²) in [5, 5.41) is 0. The Morgan fingerprint density at radius 2 is 1.48 bits per heavy atom. The van der Waals surface area contributed by atoms with Gasteiger partial charge in [0.1, 0.15) is 11.6 Å². The monoisotopic (exact) mass is 288 g/mol. The van der Waals surface area contributed by atoms with E-state index in [1.165, 1.54) is 31.4 Å². The van der Waals surface area contributed by atoms with Gasteiger partial charge in [-0.2, -0.15) is 0 Å². The van der Waals surface area contributed by atoms with Gasteiger partial charge in [-0.3, -0.25) is 4.79 Å². The Morgan fingerprint density at radius 3 is 2.00 bits per heavy atom. The normalized spacial score (nSPS) is 10.0. The molecular weight excluding hydrogens is 275 g/mol. The van der Waals surface area contributed by atoms with E-state index in [0.717, 1.165) is 0 Å². The van der Waals surface area contributed by atoms with Gasteiger partial charge >= 0.3 is 5.97 Å². The fourth-order valence-electron chi connectivity index (χ4n) is 1.67. The summed E-state index contributed by atoms with van der Waals surface area (Å²) in [6, 6.07) is 11.7. The average Bonchev–Trinajstić information content (AvgIpc) is 2.53. The van der Waals surface area contributed by atoms with Crippen molar-refractivity contribution in [1.29, 1.82) is 0 Å². The largest absolute Gasteiger partial charge is 0.482 e. The van der Waals surface area contributed by atoms with Crippen molar-refractivity contribution in [1.82, 2.24) is 0 Å². The summed E-state index contributed by atoms with van der Waals surface area (Å²) in [7, 11) is 1.27. The number of hydrogen-bond donors (Lipinski definition) is 0. The average molecular weight is 288 g/mol. The van der Waals surface area contributed by atoms with Gasteiger partial charge in [0.05, 0.1) is 7.11 Å². The Kier molecular flexibility index (Phi) is 4.66. The van der Waals surface area contributed by atoms with Crippen LogP contribution in [0.15, 0.2) is 48.5 Å². The summed E-state index contributed by atoms with van der Waals surface area (Å²) in [4.78, 5) is 23.1. The highest BCUT2D eigenvalue weighted by atomic mass is 19.1. The van der Waals surface area contributed by atoms with E-state index in [-0.39, 0.29) is 12.4 Å². The van der Waals surface area contributed by atoms with Gasteiger partial charge in [0.25, 0.3) is 0 Å². The quantitative estimate of drug-likeness (QED) is 0.627. The molecule has 0 aromatic heterocycles. The van der Waals surface area contributed by atoms with E-state index in [1.807, 2.05) is 0 Å². The van der Waals surface area contributed by atoms with Crippen molar-refractivity contribution >= 4 is 11.8 Å². The number of esters is 1. The Bertz CT molecular complexity index is 632. The van der Waals surface area contributed by atoms with Gasteiger partial charge in [-0.1, -0.05) is 0 Å². The van der Waals surface area contributed by atoms with Crippen molar-refractivity contribution in [3.8, 4) is 5.75 Å².